The van der Waals surface area contributed by atoms with Gasteiger partial charge in [0, 0.05) is 33.4 Å². The molecule has 2 aromatic carbocycles. The first-order chi connectivity index (χ1) is 12.0. The molecule has 124 valence electrons. The van der Waals surface area contributed by atoms with Gasteiger partial charge in [-0.05, 0) is 31.5 Å². The molecule has 0 N–H and O–H groups in total. The second-order valence-electron chi connectivity index (χ2n) is 6.51. The van der Waals surface area contributed by atoms with Crippen LogP contribution in [0.25, 0.3) is 5.70 Å². The molecule has 1 unspecified atom stereocenters. The molecule has 0 fully saturated rings. The maximum atomic E-state index is 13.1. The first-order valence-electron chi connectivity index (χ1n) is 8.18. The fraction of sp³-hybridized carbons (Fsp3) is 0.190. The van der Waals surface area contributed by atoms with E-state index in [1.165, 1.54) is 0 Å². The summed E-state index contributed by atoms with van der Waals surface area (Å²) in [7, 11) is 0. The molecule has 4 rings (SSSR count). The molecule has 0 saturated heterocycles. The summed E-state index contributed by atoms with van der Waals surface area (Å²) in [5, 5.41) is 0.625. The minimum absolute atomic E-state index is 0.0107. The maximum absolute atomic E-state index is 13.1. The van der Waals surface area contributed by atoms with Crippen LogP contribution in [0.1, 0.15) is 41.3 Å². The van der Waals surface area contributed by atoms with E-state index in [9.17, 15) is 9.59 Å². The molecule has 1 aliphatic heterocycles. The summed E-state index contributed by atoms with van der Waals surface area (Å²) in [4.78, 5) is 30.1. The Morgan fingerprint density at radius 1 is 1.04 bits per heavy atom. The van der Waals surface area contributed by atoms with Gasteiger partial charge < -0.3 is 0 Å². The van der Waals surface area contributed by atoms with Crippen molar-refractivity contribution in [1.82, 2.24) is 0 Å². The van der Waals surface area contributed by atoms with E-state index in [0.717, 1.165) is 16.8 Å². The van der Waals surface area contributed by atoms with E-state index in [1.807, 2.05) is 43.3 Å². The van der Waals surface area contributed by atoms with Gasteiger partial charge in [-0.15, -0.1) is 0 Å². The third-order valence-corrected chi connectivity index (χ3v) is 5.23. The number of halogens is 1. The van der Waals surface area contributed by atoms with E-state index in [-0.39, 0.29) is 17.5 Å². The van der Waals surface area contributed by atoms with Crippen LogP contribution >= 0.6 is 11.6 Å². The molecule has 1 aliphatic carbocycles. The SMILES string of the molecule is CC(=O)C1C(C)=NC2=C(C(=O)c3ccccc32)[C@@H]1c1ccc(Cl)cc1. The number of fused-ring (bicyclic) bond motifs is 2. The zero-order valence-corrected chi connectivity index (χ0v) is 14.7. The van der Waals surface area contributed by atoms with Crippen LogP contribution in [-0.2, 0) is 4.79 Å². The zero-order valence-electron chi connectivity index (χ0n) is 13.9. The number of carbonyl (C=O) groups is 2. The van der Waals surface area contributed by atoms with Crippen molar-refractivity contribution in [3.63, 3.8) is 0 Å². The van der Waals surface area contributed by atoms with Crippen molar-refractivity contribution in [2.24, 2.45) is 10.9 Å². The second kappa shape index (κ2) is 5.78. The van der Waals surface area contributed by atoms with Crippen LogP contribution in [0.3, 0.4) is 0 Å². The summed E-state index contributed by atoms with van der Waals surface area (Å²) in [6, 6.07) is 14.9. The fourth-order valence-corrected chi connectivity index (χ4v) is 4.03. The summed E-state index contributed by atoms with van der Waals surface area (Å²) in [6.07, 6.45) is 0. The average Bonchev–Trinajstić information content (AvgIpc) is 2.87. The van der Waals surface area contributed by atoms with Crippen LogP contribution in [0.4, 0.5) is 0 Å². The highest BCUT2D eigenvalue weighted by Gasteiger charge is 2.44. The van der Waals surface area contributed by atoms with E-state index in [0.29, 0.717) is 21.9 Å². The first-order valence-corrected chi connectivity index (χ1v) is 8.56. The predicted octanol–water partition coefficient (Wildman–Crippen LogP) is 4.71. The molecule has 25 heavy (non-hydrogen) atoms. The summed E-state index contributed by atoms with van der Waals surface area (Å²) < 4.78 is 0. The standard InChI is InChI=1S/C21H16ClNO2/c1-11-17(12(2)24)18(13-7-9-14(22)10-8-13)19-20(23-11)15-5-3-4-6-16(15)21(19)25/h3-10,17-18H,1-2H3/t17?,18-/m1/s1. The Balaban J connectivity index is 1.96. The van der Waals surface area contributed by atoms with E-state index in [1.54, 1.807) is 19.1 Å². The Kier molecular flexibility index (Phi) is 3.69. The van der Waals surface area contributed by atoms with Gasteiger partial charge in [-0.2, -0.15) is 0 Å². The van der Waals surface area contributed by atoms with Gasteiger partial charge in [-0.3, -0.25) is 14.6 Å². The van der Waals surface area contributed by atoms with Crippen molar-refractivity contribution in [3.8, 4) is 0 Å². The fourth-order valence-electron chi connectivity index (χ4n) is 3.91. The highest BCUT2D eigenvalue weighted by Crippen LogP contribution is 2.47. The number of rotatable bonds is 2. The number of nitrogens with zero attached hydrogens (tertiary/aromatic N) is 1. The number of Topliss-reactive ketones (excluding diaryl/α,β-unsaturated/α-hetero) is 2. The predicted molar refractivity (Wildman–Crippen MR) is 99.2 cm³/mol. The third kappa shape index (κ3) is 2.38. The molecule has 2 aromatic rings. The maximum Gasteiger partial charge on any atom is 0.192 e. The van der Waals surface area contributed by atoms with Crippen molar-refractivity contribution in [2.75, 3.05) is 0 Å². The van der Waals surface area contributed by atoms with Crippen molar-refractivity contribution in [3.05, 3.63) is 75.8 Å². The van der Waals surface area contributed by atoms with E-state index < -0.39 is 5.92 Å². The van der Waals surface area contributed by atoms with Gasteiger partial charge in [-0.1, -0.05) is 48.0 Å². The number of ketones is 2. The number of benzene rings is 2. The lowest BCUT2D eigenvalue weighted by atomic mass is 9.73. The van der Waals surface area contributed by atoms with E-state index >= 15 is 0 Å². The van der Waals surface area contributed by atoms with Gasteiger partial charge >= 0.3 is 0 Å². The lowest BCUT2D eigenvalue weighted by Gasteiger charge is -2.30. The monoisotopic (exact) mass is 349 g/mol. The Hall–Kier alpha value is -2.52. The Labute approximate surface area is 151 Å². The molecule has 0 spiro atoms. The van der Waals surface area contributed by atoms with Crippen LogP contribution in [-0.4, -0.2) is 17.3 Å². The lowest BCUT2D eigenvalue weighted by molar-refractivity contribution is -0.119. The first kappa shape index (κ1) is 16.0. The van der Waals surface area contributed by atoms with Gasteiger partial charge in [0.1, 0.15) is 5.78 Å². The summed E-state index contributed by atoms with van der Waals surface area (Å²) in [5.41, 5.74) is 4.49. The van der Waals surface area contributed by atoms with Crippen LogP contribution < -0.4 is 0 Å². The van der Waals surface area contributed by atoms with E-state index in [2.05, 4.69) is 4.99 Å². The third-order valence-electron chi connectivity index (χ3n) is 4.98. The summed E-state index contributed by atoms with van der Waals surface area (Å²) in [5.74, 6) is -0.787. The topological polar surface area (TPSA) is 46.5 Å². The Bertz CT molecular complexity index is 970. The lowest BCUT2D eigenvalue weighted by Crippen LogP contribution is -2.32. The van der Waals surface area contributed by atoms with Gasteiger partial charge in [0.2, 0.25) is 0 Å². The van der Waals surface area contributed by atoms with Crippen molar-refractivity contribution >= 4 is 34.6 Å². The molecular weight excluding hydrogens is 334 g/mol. The van der Waals surface area contributed by atoms with Crippen LogP contribution in [0.2, 0.25) is 5.02 Å². The van der Waals surface area contributed by atoms with Crippen LogP contribution in [0, 0.1) is 5.92 Å². The Morgan fingerprint density at radius 3 is 2.32 bits per heavy atom. The smallest absolute Gasteiger partial charge is 0.192 e. The molecule has 3 nitrogen and oxygen atoms in total. The molecule has 0 saturated carbocycles. The van der Waals surface area contributed by atoms with Crippen molar-refractivity contribution in [2.45, 2.75) is 19.8 Å². The molecule has 1 heterocycles. The number of aliphatic imine (C=N–C) groups is 1. The van der Waals surface area contributed by atoms with Crippen LogP contribution in [0.5, 0.6) is 0 Å². The molecule has 0 aromatic heterocycles. The zero-order chi connectivity index (χ0) is 17.7. The van der Waals surface area contributed by atoms with Crippen molar-refractivity contribution < 1.29 is 9.59 Å². The highest BCUT2D eigenvalue weighted by molar-refractivity contribution is 6.30. The summed E-state index contributed by atoms with van der Waals surface area (Å²) in [6.45, 7) is 3.43. The van der Waals surface area contributed by atoms with E-state index in [4.69, 9.17) is 11.6 Å². The normalized spacial score (nSPS) is 21.7. The number of hydrogen-bond acceptors (Lipinski definition) is 3. The molecule has 0 bridgehead atoms. The molecule has 4 heteroatoms. The quantitative estimate of drug-likeness (QED) is 0.788. The van der Waals surface area contributed by atoms with Crippen molar-refractivity contribution in [1.29, 1.82) is 0 Å². The van der Waals surface area contributed by atoms with Gasteiger partial charge in [0.05, 0.1) is 11.6 Å². The minimum atomic E-state index is -0.432. The summed E-state index contributed by atoms with van der Waals surface area (Å²) >= 11 is 6.02. The molecule has 2 atom stereocenters. The number of hydrogen-bond donors (Lipinski definition) is 0. The van der Waals surface area contributed by atoms with Crippen LogP contribution in [0.15, 0.2) is 59.1 Å². The molecular formula is C21H16ClNO2. The van der Waals surface area contributed by atoms with Gasteiger partial charge in [0.25, 0.3) is 0 Å². The number of allylic oxidation sites excluding steroid dienone is 1. The second-order valence-corrected chi connectivity index (χ2v) is 6.94. The highest BCUT2D eigenvalue weighted by atomic mass is 35.5. The minimum Gasteiger partial charge on any atom is -0.299 e. The molecule has 0 radical (unpaired) electrons. The van der Waals surface area contributed by atoms with Gasteiger partial charge in [0.15, 0.2) is 5.78 Å². The average molecular weight is 350 g/mol. The molecule has 0 amide bonds. The largest absolute Gasteiger partial charge is 0.299 e. The molecule has 2 aliphatic rings. The Morgan fingerprint density at radius 2 is 1.68 bits per heavy atom. The van der Waals surface area contributed by atoms with Gasteiger partial charge in [-0.25, -0.2) is 0 Å². The number of carbonyl (C=O) groups excluding carboxylic acids is 2.